The van der Waals surface area contributed by atoms with Crippen LogP contribution >= 0.6 is 11.6 Å². The topological polar surface area (TPSA) is 54.6 Å². The SMILES string of the molecule is C=C(OC)c1ccc(C2c3[nH]c4ccc(Cl)cc4c3CCN2C(=O)Oc2ccc(F)cc2)cc1. The predicted octanol–water partition coefficient (Wildman–Crippen LogP) is 6.72. The standard InChI is InChI=1S/C27H22ClFN2O3/c1-16(33-2)17-3-5-18(6-4-17)26-25-22(23-15-19(28)7-12-24(23)30-25)13-14-31(26)27(32)34-21-10-8-20(29)9-11-21/h3-12,15,26,30H,1,13-14H2,2H3. The molecule has 1 aromatic heterocycles. The summed E-state index contributed by atoms with van der Waals surface area (Å²) in [5.41, 5.74) is 4.75. The van der Waals surface area contributed by atoms with E-state index in [1.165, 1.54) is 24.3 Å². The van der Waals surface area contributed by atoms with E-state index in [0.717, 1.165) is 33.3 Å². The molecule has 1 unspecified atom stereocenters. The number of aromatic nitrogens is 1. The van der Waals surface area contributed by atoms with E-state index in [2.05, 4.69) is 11.6 Å². The van der Waals surface area contributed by atoms with Gasteiger partial charge in [0, 0.05) is 33.7 Å². The van der Waals surface area contributed by atoms with E-state index in [1.54, 1.807) is 12.0 Å². The van der Waals surface area contributed by atoms with Gasteiger partial charge >= 0.3 is 6.09 Å². The average Bonchev–Trinajstić information content (AvgIpc) is 3.22. The predicted molar refractivity (Wildman–Crippen MR) is 130 cm³/mol. The molecule has 0 aliphatic carbocycles. The second-order valence-electron chi connectivity index (χ2n) is 8.12. The van der Waals surface area contributed by atoms with E-state index in [9.17, 15) is 9.18 Å². The van der Waals surface area contributed by atoms with Gasteiger partial charge in [0.05, 0.1) is 7.11 Å². The third-order valence-corrected chi connectivity index (χ3v) is 6.37. The summed E-state index contributed by atoms with van der Waals surface area (Å²) in [4.78, 5) is 18.5. The number of carbonyl (C=O) groups excluding carboxylic acids is 1. The fourth-order valence-corrected chi connectivity index (χ4v) is 4.61. The molecule has 4 aromatic rings. The van der Waals surface area contributed by atoms with Crippen LogP contribution in [0.5, 0.6) is 5.75 Å². The molecule has 34 heavy (non-hydrogen) atoms. The highest BCUT2D eigenvalue weighted by Gasteiger charge is 2.35. The molecular formula is C27H22ClFN2O3. The number of nitrogens with one attached hydrogen (secondary N) is 1. The van der Waals surface area contributed by atoms with Crippen LogP contribution in [0.3, 0.4) is 0 Å². The van der Waals surface area contributed by atoms with Gasteiger partial charge in [-0.2, -0.15) is 0 Å². The van der Waals surface area contributed by atoms with E-state index in [1.807, 2.05) is 42.5 Å². The van der Waals surface area contributed by atoms with Crippen LogP contribution in [0.1, 0.15) is 28.4 Å². The summed E-state index contributed by atoms with van der Waals surface area (Å²) in [5, 5.41) is 1.70. The monoisotopic (exact) mass is 476 g/mol. The molecule has 7 heteroatoms. The van der Waals surface area contributed by atoms with E-state index in [4.69, 9.17) is 21.1 Å². The lowest BCUT2D eigenvalue weighted by Gasteiger charge is -2.35. The fourth-order valence-electron chi connectivity index (χ4n) is 4.44. The molecule has 3 aromatic carbocycles. The zero-order valence-electron chi connectivity index (χ0n) is 18.5. The first-order chi connectivity index (χ1) is 16.4. The van der Waals surface area contributed by atoms with Crippen molar-refractivity contribution in [3.63, 3.8) is 0 Å². The van der Waals surface area contributed by atoms with Crippen molar-refractivity contribution in [2.75, 3.05) is 13.7 Å². The van der Waals surface area contributed by atoms with Gasteiger partial charge in [-0.1, -0.05) is 42.4 Å². The lowest BCUT2D eigenvalue weighted by Crippen LogP contribution is -2.42. The Balaban J connectivity index is 1.57. The van der Waals surface area contributed by atoms with E-state index >= 15 is 0 Å². The first-order valence-corrected chi connectivity index (χ1v) is 11.2. The van der Waals surface area contributed by atoms with Crippen LogP contribution in [0, 0.1) is 5.82 Å². The third kappa shape index (κ3) is 4.01. The van der Waals surface area contributed by atoms with Gasteiger partial charge in [-0.25, -0.2) is 9.18 Å². The molecule has 5 nitrogen and oxygen atoms in total. The molecule has 1 amide bonds. The molecule has 5 rings (SSSR count). The Morgan fingerprint density at radius 3 is 2.56 bits per heavy atom. The largest absolute Gasteiger partial charge is 0.497 e. The van der Waals surface area contributed by atoms with Gasteiger partial charge in [-0.3, -0.25) is 4.90 Å². The van der Waals surface area contributed by atoms with Crippen molar-refractivity contribution >= 4 is 34.4 Å². The van der Waals surface area contributed by atoms with Crippen molar-refractivity contribution in [3.05, 3.63) is 107 Å². The first kappa shape index (κ1) is 22.0. The van der Waals surface area contributed by atoms with E-state index in [-0.39, 0.29) is 5.75 Å². The number of H-pyrrole nitrogens is 1. The number of benzene rings is 3. The molecule has 172 valence electrons. The Morgan fingerprint density at radius 1 is 1.12 bits per heavy atom. The summed E-state index contributed by atoms with van der Waals surface area (Å²) >= 11 is 6.27. The maximum atomic E-state index is 13.3. The van der Waals surface area contributed by atoms with Crippen molar-refractivity contribution < 1.29 is 18.7 Å². The maximum Gasteiger partial charge on any atom is 0.416 e. The second-order valence-corrected chi connectivity index (χ2v) is 8.56. The molecule has 1 aliphatic rings. The van der Waals surface area contributed by atoms with Crippen molar-refractivity contribution in [1.29, 1.82) is 0 Å². The zero-order chi connectivity index (χ0) is 23.8. The summed E-state index contributed by atoms with van der Waals surface area (Å²) in [6.07, 6.45) is 0.132. The number of amides is 1. The fraction of sp³-hybridized carbons (Fsp3) is 0.148. The molecular weight excluding hydrogens is 455 g/mol. The molecule has 2 heterocycles. The number of rotatable bonds is 4. The highest BCUT2D eigenvalue weighted by molar-refractivity contribution is 6.31. The molecule has 1 atom stereocenters. The lowest BCUT2D eigenvalue weighted by atomic mass is 9.92. The van der Waals surface area contributed by atoms with Crippen LogP contribution in [-0.2, 0) is 11.2 Å². The number of fused-ring (bicyclic) bond motifs is 3. The summed E-state index contributed by atoms with van der Waals surface area (Å²) in [7, 11) is 1.58. The average molecular weight is 477 g/mol. The van der Waals surface area contributed by atoms with Crippen molar-refractivity contribution in [1.82, 2.24) is 9.88 Å². The summed E-state index contributed by atoms with van der Waals surface area (Å²) in [6, 6.07) is 18.5. The minimum atomic E-state index is -0.510. The number of nitrogens with zero attached hydrogens (tertiary/aromatic N) is 1. The van der Waals surface area contributed by atoms with E-state index < -0.39 is 18.0 Å². The van der Waals surface area contributed by atoms with Gasteiger partial charge in [0.2, 0.25) is 0 Å². The Bertz CT molecular complexity index is 1380. The number of halogens is 2. The van der Waals surface area contributed by atoms with Crippen LogP contribution in [-0.4, -0.2) is 29.6 Å². The molecule has 0 saturated carbocycles. The molecule has 0 bridgehead atoms. The Morgan fingerprint density at radius 2 is 1.85 bits per heavy atom. The van der Waals surface area contributed by atoms with Crippen LogP contribution in [0.2, 0.25) is 5.02 Å². The molecule has 1 aliphatic heterocycles. The summed E-state index contributed by atoms with van der Waals surface area (Å²) in [5.74, 6) is 0.449. The van der Waals surface area contributed by atoms with Crippen molar-refractivity contribution in [2.45, 2.75) is 12.5 Å². The van der Waals surface area contributed by atoms with Crippen molar-refractivity contribution in [2.24, 2.45) is 0 Å². The van der Waals surface area contributed by atoms with Gasteiger partial charge < -0.3 is 14.5 Å². The minimum absolute atomic E-state index is 0.283. The molecule has 0 spiro atoms. The number of hydrogen-bond acceptors (Lipinski definition) is 3. The Labute approximate surface area is 201 Å². The zero-order valence-corrected chi connectivity index (χ0v) is 19.2. The second kappa shape index (κ2) is 8.88. The quantitative estimate of drug-likeness (QED) is 0.332. The van der Waals surface area contributed by atoms with Gasteiger partial charge in [0.1, 0.15) is 23.4 Å². The lowest BCUT2D eigenvalue weighted by molar-refractivity contribution is 0.135. The molecule has 0 fully saturated rings. The number of carbonyl (C=O) groups is 1. The van der Waals surface area contributed by atoms with Crippen LogP contribution in [0.4, 0.5) is 9.18 Å². The Hall–Kier alpha value is -3.77. The van der Waals surface area contributed by atoms with E-state index in [0.29, 0.717) is 23.7 Å². The van der Waals surface area contributed by atoms with Crippen LogP contribution < -0.4 is 4.74 Å². The summed E-state index contributed by atoms with van der Waals surface area (Å²) in [6.45, 7) is 4.35. The summed E-state index contributed by atoms with van der Waals surface area (Å²) < 4.78 is 24.1. The molecule has 1 N–H and O–H groups in total. The Kier molecular flexibility index (Phi) is 5.75. The highest BCUT2D eigenvalue weighted by atomic mass is 35.5. The van der Waals surface area contributed by atoms with Crippen LogP contribution in [0.15, 0.2) is 73.3 Å². The molecule has 0 saturated heterocycles. The normalized spacial score (nSPS) is 15.1. The number of hydrogen-bond donors (Lipinski definition) is 1. The maximum absolute atomic E-state index is 13.3. The first-order valence-electron chi connectivity index (χ1n) is 10.8. The van der Waals surface area contributed by atoms with Crippen molar-refractivity contribution in [3.8, 4) is 5.75 Å². The number of aromatic amines is 1. The minimum Gasteiger partial charge on any atom is -0.497 e. The van der Waals surface area contributed by atoms with Gasteiger partial charge in [0.15, 0.2) is 0 Å². The van der Waals surface area contributed by atoms with Gasteiger partial charge in [0.25, 0.3) is 0 Å². The van der Waals surface area contributed by atoms with Gasteiger partial charge in [-0.15, -0.1) is 0 Å². The third-order valence-electron chi connectivity index (χ3n) is 6.14. The van der Waals surface area contributed by atoms with Crippen LogP contribution in [0.25, 0.3) is 16.7 Å². The number of methoxy groups -OCH3 is 1. The highest BCUT2D eigenvalue weighted by Crippen LogP contribution is 2.39. The van der Waals surface area contributed by atoms with Gasteiger partial charge in [-0.05, 0) is 60.0 Å². The molecule has 0 radical (unpaired) electrons. The smallest absolute Gasteiger partial charge is 0.416 e. The number of ether oxygens (including phenoxy) is 2.